The molecule has 3 atom stereocenters. The van der Waals surface area contributed by atoms with Crippen LogP contribution in [0.4, 0.5) is 4.39 Å². The summed E-state index contributed by atoms with van der Waals surface area (Å²) in [7, 11) is 1.62. The van der Waals surface area contributed by atoms with Gasteiger partial charge in [-0.2, -0.15) is 0 Å². The number of methoxy groups -OCH3 is 1. The summed E-state index contributed by atoms with van der Waals surface area (Å²) in [5.41, 5.74) is 10.0. The van der Waals surface area contributed by atoms with Crippen molar-refractivity contribution in [3.63, 3.8) is 0 Å². The van der Waals surface area contributed by atoms with Crippen molar-refractivity contribution in [3.05, 3.63) is 93.8 Å². The highest BCUT2D eigenvalue weighted by Gasteiger charge is 2.30. The molecule has 0 radical (unpaired) electrons. The van der Waals surface area contributed by atoms with E-state index in [1.54, 1.807) is 42.3 Å². The highest BCUT2D eigenvalue weighted by Crippen LogP contribution is 2.39. The van der Waals surface area contributed by atoms with E-state index in [1.165, 1.54) is 6.07 Å². The molecule has 0 aromatic heterocycles. The van der Waals surface area contributed by atoms with Crippen LogP contribution >= 0.6 is 11.6 Å². The summed E-state index contributed by atoms with van der Waals surface area (Å²) in [6.45, 7) is 3.49. The van der Waals surface area contributed by atoms with Crippen LogP contribution in [0.25, 0.3) is 11.1 Å². The van der Waals surface area contributed by atoms with Crippen LogP contribution in [0.2, 0.25) is 5.02 Å². The van der Waals surface area contributed by atoms with Crippen molar-refractivity contribution >= 4 is 17.5 Å². The van der Waals surface area contributed by atoms with Gasteiger partial charge in [0.1, 0.15) is 11.9 Å². The molecular weight excluding hydrogens is 519 g/mol. The van der Waals surface area contributed by atoms with Crippen molar-refractivity contribution in [3.8, 4) is 11.1 Å². The van der Waals surface area contributed by atoms with Crippen molar-refractivity contribution in [1.29, 1.82) is 0 Å². The third-order valence-electron chi connectivity index (χ3n) is 7.28. The highest BCUT2D eigenvalue weighted by atomic mass is 35.5. The van der Waals surface area contributed by atoms with Gasteiger partial charge in [-0.1, -0.05) is 47.5 Å². The van der Waals surface area contributed by atoms with Crippen LogP contribution in [0.15, 0.2) is 60.7 Å². The van der Waals surface area contributed by atoms with Gasteiger partial charge in [-0.15, -0.1) is 0 Å². The number of hydrogen-bond donors (Lipinski definition) is 2. The lowest BCUT2D eigenvalue weighted by Crippen LogP contribution is -2.49. The van der Waals surface area contributed by atoms with Crippen LogP contribution in [0.5, 0.6) is 0 Å². The van der Waals surface area contributed by atoms with E-state index in [0.717, 1.165) is 16.7 Å². The standard InChI is InChI=1S/C31H36ClFN2O4/c1-20-9-14-26(33)24(17-20)30-23(5-3-6-25(30)32)28(38-2)8-4-7-27(36)29-19-35(15-16-39-29)31(37)22-12-10-21(18-34)11-13-22/h3,5-6,9-14,17,27-29,36H,4,7-8,15-16,18-19,34H2,1-2H3. The van der Waals surface area contributed by atoms with Crippen molar-refractivity contribution in [2.75, 3.05) is 26.8 Å². The predicted molar refractivity (Wildman–Crippen MR) is 151 cm³/mol. The van der Waals surface area contributed by atoms with Gasteiger partial charge in [0.2, 0.25) is 0 Å². The van der Waals surface area contributed by atoms with E-state index in [1.807, 2.05) is 31.2 Å². The molecule has 8 heteroatoms. The van der Waals surface area contributed by atoms with Gasteiger partial charge in [0.25, 0.3) is 5.91 Å². The maximum atomic E-state index is 14.8. The lowest BCUT2D eigenvalue weighted by Gasteiger charge is -2.35. The maximum Gasteiger partial charge on any atom is 0.254 e. The molecule has 1 aliphatic rings. The molecule has 6 nitrogen and oxygen atoms in total. The van der Waals surface area contributed by atoms with Gasteiger partial charge in [-0.3, -0.25) is 4.79 Å². The van der Waals surface area contributed by atoms with E-state index >= 15 is 0 Å². The Morgan fingerprint density at radius 1 is 1.21 bits per heavy atom. The first-order valence-corrected chi connectivity index (χ1v) is 13.7. The van der Waals surface area contributed by atoms with Gasteiger partial charge in [-0.25, -0.2) is 4.39 Å². The number of aliphatic hydroxyl groups excluding tert-OH is 1. The number of carbonyl (C=O) groups is 1. The van der Waals surface area contributed by atoms with Crippen molar-refractivity contribution in [1.82, 2.24) is 4.90 Å². The molecule has 1 saturated heterocycles. The Kier molecular flexibility index (Phi) is 10.1. The molecule has 1 aliphatic heterocycles. The average Bonchev–Trinajstić information content (AvgIpc) is 2.96. The fourth-order valence-corrected chi connectivity index (χ4v) is 5.36. The van der Waals surface area contributed by atoms with Crippen molar-refractivity contribution < 1.29 is 23.8 Å². The van der Waals surface area contributed by atoms with Gasteiger partial charge in [-0.05, 0) is 67.6 Å². The number of hydrogen-bond acceptors (Lipinski definition) is 5. The minimum absolute atomic E-state index is 0.0876. The molecule has 1 fully saturated rings. The second kappa shape index (κ2) is 13.5. The molecule has 208 valence electrons. The maximum absolute atomic E-state index is 14.8. The van der Waals surface area contributed by atoms with Crippen molar-refractivity contribution in [2.24, 2.45) is 5.73 Å². The highest BCUT2D eigenvalue weighted by molar-refractivity contribution is 6.33. The summed E-state index contributed by atoms with van der Waals surface area (Å²) in [6, 6.07) is 17.7. The fraction of sp³-hybridized carbons (Fsp3) is 0.387. The lowest BCUT2D eigenvalue weighted by molar-refractivity contribution is -0.0836. The number of amides is 1. The molecule has 1 amide bonds. The zero-order valence-electron chi connectivity index (χ0n) is 22.4. The molecule has 0 aliphatic carbocycles. The van der Waals surface area contributed by atoms with E-state index in [4.69, 9.17) is 26.8 Å². The minimum atomic E-state index is -0.745. The molecule has 0 saturated carbocycles. The molecule has 0 spiro atoms. The number of rotatable bonds is 10. The molecular formula is C31H36ClFN2O4. The number of nitrogens with two attached hydrogens (primary N) is 1. The first-order chi connectivity index (χ1) is 18.8. The first kappa shape index (κ1) is 29.2. The summed E-state index contributed by atoms with van der Waals surface area (Å²) in [5.74, 6) is -0.431. The molecule has 39 heavy (non-hydrogen) atoms. The number of morpholine rings is 1. The zero-order chi connectivity index (χ0) is 27.9. The summed E-state index contributed by atoms with van der Waals surface area (Å²) in [4.78, 5) is 14.7. The Morgan fingerprint density at radius 2 is 1.97 bits per heavy atom. The normalized spacial score (nSPS) is 17.2. The zero-order valence-corrected chi connectivity index (χ0v) is 23.2. The number of halogens is 2. The van der Waals surface area contributed by atoms with Crippen LogP contribution < -0.4 is 5.73 Å². The number of nitrogens with zero attached hydrogens (tertiary/aromatic N) is 1. The molecule has 3 aromatic carbocycles. The third kappa shape index (κ3) is 7.04. The molecule has 3 unspecified atom stereocenters. The summed E-state index contributed by atoms with van der Waals surface area (Å²) >= 11 is 6.56. The second-order valence-electron chi connectivity index (χ2n) is 9.97. The predicted octanol–water partition coefficient (Wildman–Crippen LogP) is 5.67. The van der Waals surface area contributed by atoms with Crippen LogP contribution in [0.1, 0.15) is 52.4 Å². The van der Waals surface area contributed by atoms with E-state index in [2.05, 4.69) is 0 Å². The monoisotopic (exact) mass is 554 g/mol. The number of benzene rings is 3. The fourth-order valence-electron chi connectivity index (χ4n) is 5.08. The lowest BCUT2D eigenvalue weighted by atomic mass is 9.92. The van der Waals surface area contributed by atoms with Gasteiger partial charge >= 0.3 is 0 Å². The van der Waals surface area contributed by atoms with E-state index in [0.29, 0.717) is 67.2 Å². The van der Waals surface area contributed by atoms with Crippen LogP contribution in [-0.4, -0.2) is 54.9 Å². The Labute approximate surface area is 234 Å². The number of ether oxygens (including phenoxy) is 2. The number of carbonyl (C=O) groups excluding carboxylic acids is 1. The summed E-state index contributed by atoms with van der Waals surface area (Å²) in [6.07, 6.45) is 0.133. The average molecular weight is 555 g/mol. The van der Waals surface area contributed by atoms with Gasteiger partial charge in [0.15, 0.2) is 0 Å². The first-order valence-electron chi connectivity index (χ1n) is 13.3. The van der Waals surface area contributed by atoms with E-state index < -0.39 is 12.2 Å². The Balaban J connectivity index is 1.39. The Bertz CT molecular complexity index is 1270. The Hall–Kier alpha value is -2.81. The van der Waals surface area contributed by atoms with E-state index in [-0.39, 0.29) is 17.8 Å². The van der Waals surface area contributed by atoms with Gasteiger partial charge in [0, 0.05) is 48.5 Å². The van der Waals surface area contributed by atoms with Crippen LogP contribution in [0.3, 0.4) is 0 Å². The van der Waals surface area contributed by atoms with Gasteiger partial charge < -0.3 is 25.2 Å². The Morgan fingerprint density at radius 3 is 2.69 bits per heavy atom. The molecule has 0 bridgehead atoms. The second-order valence-corrected chi connectivity index (χ2v) is 10.4. The largest absolute Gasteiger partial charge is 0.390 e. The molecule has 4 rings (SSSR count). The molecule has 1 heterocycles. The number of aliphatic hydroxyl groups is 1. The van der Waals surface area contributed by atoms with E-state index in [9.17, 15) is 14.3 Å². The minimum Gasteiger partial charge on any atom is -0.390 e. The summed E-state index contributed by atoms with van der Waals surface area (Å²) in [5, 5.41) is 11.4. The van der Waals surface area contributed by atoms with Gasteiger partial charge in [0.05, 0.1) is 18.8 Å². The smallest absolute Gasteiger partial charge is 0.254 e. The quantitative estimate of drug-likeness (QED) is 0.337. The molecule has 3 N–H and O–H groups in total. The number of aryl methyl sites for hydroxylation is 1. The van der Waals surface area contributed by atoms with Crippen LogP contribution in [-0.2, 0) is 16.0 Å². The topological polar surface area (TPSA) is 85.0 Å². The van der Waals surface area contributed by atoms with Crippen LogP contribution in [0, 0.1) is 12.7 Å². The SMILES string of the molecule is COC(CCCC(O)C1CN(C(=O)c2ccc(CN)cc2)CCO1)c1cccc(Cl)c1-c1cc(C)ccc1F. The summed E-state index contributed by atoms with van der Waals surface area (Å²) < 4.78 is 26.4. The van der Waals surface area contributed by atoms with Crippen molar-refractivity contribution in [2.45, 2.75) is 51.0 Å². The third-order valence-corrected chi connectivity index (χ3v) is 7.60. The molecule has 3 aromatic rings.